The van der Waals surface area contributed by atoms with Gasteiger partial charge in [0, 0.05) is 12.3 Å². The van der Waals surface area contributed by atoms with Gasteiger partial charge in [0.15, 0.2) is 0 Å². The van der Waals surface area contributed by atoms with Gasteiger partial charge in [-0.1, -0.05) is 31.2 Å². The van der Waals surface area contributed by atoms with E-state index in [0.29, 0.717) is 5.92 Å². The van der Waals surface area contributed by atoms with Crippen LogP contribution in [0.3, 0.4) is 0 Å². The van der Waals surface area contributed by atoms with E-state index in [2.05, 4.69) is 46.7 Å². The maximum Gasteiger partial charge on any atom is 0.124 e. The minimum atomic E-state index is 0.468. The van der Waals surface area contributed by atoms with Gasteiger partial charge in [-0.25, -0.2) is 0 Å². The van der Waals surface area contributed by atoms with Crippen molar-refractivity contribution >= 4 is 11.3 Å². The van der Waals surface area contributed by atoms with Crippen molar-refractivity contribution in [2.24, 2.45) is 0 Å². The van der Waals surface area contributed by atoms with Crippen molar-refractivity contribution in [1.29, 1.82) is 0 Å². The minimum absolute atomic E-state index is 0.468. The molecular formula is C17H23N3S. The molecule has 0 amide bonds. The SMILES string of the molecule is CCNCCCc1nnc(C2CCCc3ccccc32)s1. The van der Waals surface area contributed by atoms with Gasteiger partial charge in [-0.2, -0.15) is 0 Å². The van der Waals surface area contributed by atoms with Gasteiger partial charge in [-0.15, -0.1) is 21.5 Å². The zero-order valence-electron chi connectivity index (χ0n) is 12.6. The molecule has 4 heteroatoms. The molecular weight excluding hydrogens is 278 g/mol. The van der Waals surface area contributed by atoms with Crippen LogP contribution in [0.5, 0.6) is 0 Å². The summed E-state index contributed by atoms with van der Waals surface area (Å²) in [4.78, 5) is 0. The molecule has 3 rings (SSSR count). The summed E-state index contributed by atoms with van der Waals surface area (Å²) < 4.78 is 0. The Balaban J connectivity index is 1.69. The maximum absolute atomic E-state index is 4.49. The van der Waals surface area contributed by atoms with Gasteiger partial charge in [-0.3, -0.25) is 0 Å². The lowest BCUT2D eigenvalue weighted by Crippen LogP contribution is -2.14. The first-order chi connectivity index (χ1) is 10.4. The molecule has 3 nitrogen and oxygen atoms in total. The lowest BCUT2D eigenvalue weighted by Gasteiger charge is -2.23. The Morgan fingerprint density at radius 2 is 2.19 bits per heavy atom. The molecule has 0 saturated carbocycles. The summed E-state index contributed by atoms with van der Waals surface area (Å²) >= 11 is 1.81. The van der Waals surface area contributed by atoms with E-state index in [0.717, 1.165) is 25.9 Å². The predicted octanol–water partition coefficient (Wildman–Crippen LogP) is 3.55. The number of nitrogens with one attached hydrogen (secondary N) is 1. The second-order valence-electron chi connectivity index (χ2n) is 5.63. The van der Waals surface area contributed by atoms with Crippen molar-refractivity contribution < 1.29 is 0 Å². The van der Waals surface area contributed by atoms with E-state index in [1.54, 1.807) is 0 Å². The molecule has 1 aliphatic carbocycles. The summed E-state index contributed by atoms with van der Waals surface area (Å²) in [6.45, 7) is 4.25. The molecule has 1 aliphatic rings. The second kappa shape index (κ2) is 7.14. The molecule has 0 aliphatic heterocycles. The molecule has 0 fully saturated rings. The van der Waals surface area contributed by atoms with Gasteiger partial charge in [0.05, 0.1) is 0 Å². The molecule has 1 aromatic heterocycles. The van der Waals surface area contributed by atoms with Crippen LogP contribution in [0.1, 0.15) is 53.2 Å². The van der Waals surface area contributed by atoms with Gasteiger partial charge in [-0.05, 0) is 49.9 Å². The van der Waals surface area contributed by atoms with Gasteiger partial charge in [0.1, 0.15) is 10.0 Å². The first kappa shape index (κ1) is 14.7. The molecule has 1 atom stereocenters. The summed E-state index contributed by atoms with van der Waals surface area (Å²) in [7, 11) is 0. The fourth-order valence-corrected chi connectivity index (χ4v) is 4.10. The number of aryl methyl sites for hydroxylation is 2. The number of hydrogen-bond acceptors (Lipinski definition) is 4. The number of rotatable bonds is 6. The van der Waals surface area contributed by atoms with Crippen LogP contribution < -0.4 is 5.32 Å². The summed E-state index contributed by atoms with van der Waals surface area (Å²) in [5, 5.41) is 14.6. The third-order valence-electron chi connectivity index (χ3n) is 4.14. The van der Waals surface area contributed by atoms with Crippen LogP contribution in [0.25, 0.3) is 0 Å². The Hall–Kier alpha value is -1.26. The Bertz CT molecular complexity index is 579. The largest absolute Gasteiger partial charge is 0.317 e. The highest BCUT2D eigenvalue weighted by molar-refractivity contribution is 7.11. The van der Waals surface area contributed by atoms with Crippen molar-refractivity contribution in [1.82, 2.24) is 15.5 Å². The zero-order valence-corrected chi connectivity index (χ0v) is 13.5. The third kappa shape index (κ3) is 3.50. The van der Waals surface area contributed by atoms with Crippen molar-refractivity contribution in [2.75, 3.05) is 13.1 Å². The molecule has 0 bridgehead atoms. The van der Waals surface area contributed by atoms with Gasteiger partial charge < -0.3 is 5.32 Å². The normalized spacial score (nSPS) is 17.7. The van der Waals surface area contributed by atoms with Gasteiger partial charge in [0.25, 0.3) is 0 Å². The van der Waals surface area contributed by atoms with Crippen molar-refractivity contribution in [3.05, 3.63) is 45.4 Å². The first-order valence-electron chi connectivity index (χ1n) is 7.99. The number of aromatic nitrogens is 2. The van der Waals surface area contributed by atoms with Crippen molar-refractivity contribution in [2.45, 2.75) is 44.9 Å². The van der Waals surface area contributed by atoms with E-state index >= 15 is 0 Å². The molecule has 0 saturated heterocycles. The van der Waals surface area contributed by atoms with Crippen LogP contribution in [0.2, 0.25) is 0 Å². The summed E-state index contributed by atoms with van der Waals surface area (Å²) in [6, 6.07) is 8.83. The third-order valence-corrected chi connectivity index (χ3v) is 5.24. The average Bonchev–Trinajstić information content (AvgIpc) is 3.00. The molecule has 0 radical (unpaired) electrons. The first-order valence-corrected chi connectivity index (χ1v) is 8.81. The molecule has 2 aromatic rings. The van der Waals surface area contributed by atoms with E-state index in [1.807, 2.05) is 11.3 Å². The monoisotopic (exact) mass is 301 g/mol. The van der Waals surface area contributed by atoms with Crippen LogP contribution in [-0.2, 0) is 12.8 Å². The summed E-state index contributed by atoms with van der Waals surface area (Å²) in [5.41, 5.74) is 2.97. The lowest BCUT2D eigenvalue weighted by atomic mass is 9.83. The lowest BCUT2D eigenvalue weighted by molar-refractivity contribution is 0.608. The van der Waals surface area contributed by atoms with Crippen LogP contribution in [0.4, 0.5) is 0 Å². The molecule has 1 heterocycles. The Kier molecular flexibility index (Phi) is 4.99. The quantitative estimate of drug-likeness (QED) is 0.829. The fourth-order valence-electron chi connectivity index (χ4n) is 3.06. The average molecular weight is 301 g/mol. The fraction of sp³-hybridized carbons (Fsp3) is 0.529. The minimum Gasteiger partial charge on any atom is -0.317 e. The van der Waals surface area contributed by atoms with Crippen LogP contribution in [-0.4, -0.2) is 23.3 Å². The topological polar surface area (TPSA) is 37.8 Å². The number of fused-ring (bicyclic) bond motifs is 1. The molecule has 0 spiro atoms. The van der Waals surface area contributed by atoms with Crippen LogP contribution in [0.15, 0.2) is 24.3 Å². The van der Waals surface area contributed by atoms with Gasteiger partial charge in [0.2, 0.25) is 0 Å². The highest BCUT2D eigenvalue weighted by Gasteiger charge is 2.24. The van der Waals surface area contributed by atoms with E-state index in [1.165, 1.54) is 40.4 Å². The van der Waals surface area contributed by atoms with Crippen LogP contribution in [0, 0.1) is 0 Å². The summed E-state index contributed by atoms with van der Waals surface area (Å²) in [5.74, 6) is 0.468. The molecule has 1 unspecified atom stereocenters. The maximum atomic E-state index is 4.49. The van der Waals surface area contributed by atoms with Crippen LogP contribution >= 0.6 is 11.3 Å². The van der Waals surface area contributed by atoms with Gasteiger partial charge >= 0.3 is 0 Å². The highest BCUT2D eigenvalue weighted by atomic mass is 32.1. The molecule has 112 valence electrons. The Morgan fingerprint density at radius 1 is 1.29 bits per heavy atom. The number of benzene rings is 1. The smallest absolute Gasteiger partial charge is 0.124 e. The predicted molar refractivity (Wildman–Crippen MR) is 88.0 cm³/mol. The van der Waals surface area contributed by atoms with Crippen molar-refractivity contribution in [3.8, 4) is 0 Å². The molecule has 21 heavy (non-hydrogen) atoms. The van der Waals surface area contributed by atoms with E-state index < -0.39 is 0 Å². The molecule has 1 N–H and O–H groups in total. The second-order valence-corrected chi connectivity index (χ2v) is 6.73. The zero-order chi connectivity index (χ0) is 14.5. The standard InChI is InChI=1S/C17H23N3S/c1-2-18-12-6-11-16-19-20-17(21-16)15-10-5-8-13-7-3-4-9-14(13)15/h3-4,7,9,15,18H,2,5-6,8,10-12H2,1H3. The van der Waals surface area contributed by atoms with Crippen molar-refractivity contribution in [3.63, 3.8) is 0 Å². The Labute approximate surface area is 130 Å². The number of nitrogens with zero attached hydrogens (tertiary/aromatic N) is 2. The summed E-state index contributed by atoms with van der Waals surface area (Å²) in [6.07, 6.45) is 5.86. The van der Waals surface area contributed by atoms with E-state index in [-0.39, 0.29) is 0 Å². The highest BCUT2D eigenvalue weighted by Crippen LogP contribution is 2.37. The Morgan fingerprint density at radius 3 is 3.10 bits per heavy atom. The number of hydrogen-bond donors (Lipinski definition) is 1. The molecule has 1 aromatic carbocycles. The van der Waals surface area contributed by atoms with E-state index in [9.17, 15) is 0 Å². The van der Waals surface area contributed by atoms with E-state index in [4.69, 9.17) is 0 Å².